The van der Waals surface area contributed by atoms with E-state index < -0.39 is 0 Å². The van der Waals surface area contributed by atoms with Gasteiger partial charge in [-0.25, -0.2) is 4.98 Å². The number of pyridine rings is 1. The van der Waals surface area contributed by atoms with Crippen molar-refractivity contribution in [1.29, 1.82) is 0 Å². The predicted molar refractivity (Wildman–Crippen MR) is 131 cm³/mol. The third-order valence-electron chi connectivity index (χ3n) is 5.19. The molecular formula is C23H22ClN3O2S2. The van der Waals surface area contributed by atoms with Gasteiger partial charge in [0.1, 0.15) is 0 Å². The lowest BCUT2D eigenvalue weighted by Crippen LogP contribution is -2.21. The number of fused-ring (bicyclic) bond motifs is 2. The third kappa shape index (κ3) is 4.95. The van der Waals surface area contributed by atoms with Crippen LogP contribution in [0.4, 0.5) is 5.69 Å². The Labute approximate surface area is 193 Å². The molecule has 4 aromatic rings. The number of rotatable bonds is 7. The second kappa shape index (κ2) is 9.42. The number of thioether (sulfide) groups is 1. The Morgan fingerprint density at radius 3 is 2.77 bits per heavy atom. The number of aromatic amines is 1. The molecule has 8 heteroatoms. The predicted octanol–water partition coefficient (Wildman–Crippen LogP) is 6.46. The van der Waals surface area contributed by atoms with Crippen LogP contribution in [0.3, 0.4) is 0 Å². The fourth-order valence-electron chi connectivity index (χ4n) is 3.44. The van der Waals surface area contributed by atoms with E-state index in [-0.39, 0.29) is 17.3 Å². The minimum Gasteiger partial charge on any atom is -0.357 e. The van der Waals surface area contributed by atoms with Gasteiger partial charge in [-0.15, -0.1) is 11.3 Å². The number of aromatic nitrogens is 2. The molecule has 0 bridgehead atoms. The van der Waals surface area contributed by atoms with Crippen LogP contribution in [0.1, 0.15) is 32.4 Å². The molecule has 0 aliphatic heterocycles. The van der Waals surface area contributed by atoms with Crippen molar-refractivity contribution >= 4 is 67.4 Å². The van der Waals surface area contributed by atoms with Crippen LogP contribution >= 0.6 is 34.7 Å². The fourth-order valence-corrected chi connectivity index (χ4v) is 5.63. The largest absolute Gasteiger partial charge is 0.357 e. The standard InChI is InChI=1S/C23H22ClN3O2S2/c1-3-13(4-2)22(29)26-15-6-8-19-21(11-15)31-23(27-19)30-12-16-10-20(28)17-9-14(24)5-7-18(17)25-16/h5-11,13H,3-4,12H2,1-2H3,(H,25,28)(H,26,29). The van der Waals surface area contributed by atoms with E-state index in [1.54, 1.807) is 41.3 Å². The summed E-state index contributed by atoms with van der Waals surface area (Å²) in [5.74, 6) is 0.694. The van der Waals surface area contributed by atoms with Crippen molar-refractivity contribution in [3.05, 3.63) is 63.4 Å². The zero-order chi connectivity index (χ0) is 22.0. The second-order valence-electron chi connectivity index (χ2n) is 7.30. The van der Waals surface area contributed by atoms with Crippen molar-refractivity contribution in [2.45, 2.75) is 36.8 Å². The van der Waals surface area contributed by atoms with E-state index in [1.165, 1.54) is 0 Å². The Hall–Kier alpha value is -2.35. The Balaban J connectivity index is 1.49. The summed E-state index contributed by atoms with van der Waals surface area (Å²) in [5.41, 5.74) is 3.25. The van der Waals surface area contributed by atoms with E-state index in [2.05, 4.69) is 15.3 Å². The molecule has 2 heterocycles. The van der Waals surface area contributed by atoms with Gasteiger partial charge in [0, 0.05) is 45.0 Å². The number of hydrogen-bond acceptors (Lipinski definition) is 5. The molecule has 31 heavy (non-hydrogen) atoms. The van der Waals surface area contributed by atoms with Crippen LogP contribution in [0.5, 0.6) is 0 Å². The Morgan fingerprint density at radius 2 is 2.00 bits per heavy atom. The van der Waals surface area contributed by atoms with Crippen LogP contribution in [0.25, 0.3) is 21.1 Å². The normalized spacial score (nSPS) is 11.5. The Morgan fingerprint density at radius 1 is 1.19 bits per heavy atom. The lowest BCUT2D eigenvalue weighted by atomic mass is 10.0. The molecule has 2 aromatic carbocycles. The maximum atomic E-state index is 12.4. The van der Waals surface area contributed by atoms with Gasteiger partial charge >= 0.3 is 0 Å². The maximum absolute atomic E-state index is 12.4. The summed E-state index contributed by atoms with van der Waals surface area (Å²) in [6.07, 6.45) is 1.66. The molecule has 0 aliphatic carbocycles. The van der Waals surface area contributed by atoms with Crippen LogP contribution in [0.15, 0.2) is 51.6 Å². The van der Waals surface area contributed by atoms with Gasteiger partial charge in [-0.2, -0.15) is 0 Å². The average molecular weight is 472 g/mol. The Kier molecular flexibility index (Phi) is 6.65. The maximum Gasteiger partial charge on any atom is 0.227 e. The van der Waals surface area contributed by atoms with Crippen LogP contribution in [-0.2, 0) is 10.5 Å². The number of nitrogens with one attached hydrogen (secondary N) is 2. The zero-order valence-corrected chi connectivity index (χ0v) is 19.6. The molecule has 4 rings (SSSR count). The number of H-pyrrole nitrogens is 1. The molecule has 160 valence electrons. The van der Waals surface area contributed by atoms with E-state index in [4.69, 9.17) is 11.6 Å². The van der Waals surface area contributed by atoms with Crippen LogP contribution in [0, 0.1) is 5.92 Å². The highest BCUT2D eigenvalue weighted by Crippen LogP contribution is 2.33. The number of amides is 1. The van der Waals surface area contributed by atoms with Crippen molar-refractivity contribution in [2.24, 2.45) is 5.92 Å². The van der Waals surface area contributed by atoms with Crippen LogP contribution in [0.2, 0.25) is 5.02 Å². The highest BCUT2D eigenvalue weighted by atomic mass is 35.5. The molecule has 0 fully saturated rings. The van der Waals surface area contributed by atoms with Crippen molar-refractivity contribution in [2.75, 3.05) is 5.32 Å². The lowest BCUT2D eigenvalue weighted by Gasteiger charge is -2.12. The number of carbonyl (C=O) groups is 1. The molecule has 5 nitrogen and oxygen atoms in total. The van der Waals surface area contributed by atoms with E-state index in [0.717, 1.165) is 44.3 Å². The summed E-state index contributed by atoms with van der Waals surface area (Å²) in [7, 11) is 0. The topological polar surface area (TPSA) is 74.8 Å². The van der Waals surface area contributed by atoms with Crippen LogP contribution in [-0.4, -0.2) is 15.9 Å². The van der Waals surface area contributed by atoms with Gasteiger partial charge in [0.2, 0.25) is 5.91 Å². The van der Waals surface area contributed by atoms with Crippen molar-refractivity contribution in [3.8, 4) is 0 Å². The molecule has 0 saturated heterocycles. The van der Waals surface area contributed by atoms with Gasteiger partial charge in [-0.3, -0.25) is 9.59 Å². The number of anilines is 1. The number of halogens is 1. The first kappa shape index (κ1) is 21.9. The third-order valence-corrected chi connectivity index (χ3v) is 7.64. The van der Waals surface area contributed by atoms with Gasteiger partial charge in [0.05, 0.1) is 10.2 Å². The first-order chi connectivity index (χ1) is 15.0. The van der Waals surface area contributed by atoms with Crippen molar-refractivity contribution < 1.29 is 4.79 Å². The monoisotopic (exact) mass is 471 g/mol. The van der Waals surface area contributed by atoms with Gasteiger partial charge in [0.15, 0.2) is 9.77 Å². The minimum atomic E-state index is -0.0472. The highest BCUT2D eigenvalue weighted by Gasteiger charge is 2.15. The molecule has 2 aromatic heterocycles. The summed E-state index contributed by atoms with van der Waals surface area (Å²) < 4.78 is 1.93. The molecular weight excluding hydrogens is 450 g/mol. The summed E-state index contributed by atoms with van der Waals surface area (Å²) in [4.78, 5) is 32.7. The molecule has 0 atom stereocenters. The number of carbonyl (C=O) groups excluding carboxylic acids is 1. The van der Waals surface area contributed by atoms with E-state index in [9.17, 15) is 9.59 Å². The number of thiazole rings is 1. The molecule has 0 aliphatic rings. The molecule has 1 amide bonds. The molecule has 0 unspecified atom stereocenters. The molecule has 2 N–H and O–H groups in total. The SMILES string of the molecule is CCC(CC)C(=O)Nc1ccc2nc(SCc3cc(=O)c4cc(Cl)ccc4[nH]3)sc2c1. The number of nitrogens with zero attached hydrogens (tertiary/aromatic N) is 1. The summed E-state index contributed by atoms with van der Waals surface area (Å²) >= 11 is 9.15. The van der Waals surface area contributed by atoms with E-state index in [1.807, 2.05) is 38.1 Å². The Bertz CT molecular complexity index is 1310. The molecule has 0 radical (unpaired) electrons. The van der Waals surface area contributed by atoms with E-state index in [0.29, 0.717) is 16.2 Å². The van der Waals surface area contributed by atoms with Gasteiger partial charge in [0.25, 0.3) is 0 Å². The quantitative estimate of drug-likeness (QED) is 0.303. The minimum absolute atomic E-state index is 0.0309. The first-order valence-corrected chi connectivity index (χ1v) is 12.3. The van der Waals surface area contributed by atoms with Crippen LogP contribution < -0.4 is 10.7 Å². The van der Waals surface area contributed by atoms with Crippen molar-refractivity contribution in [3.63, 3.8) is 0 Å². The van der Waals surface area contributed by atoms with Gasteiger partial charge in [-0.1, -0.05) is 37.2 Å². The second-order valence-corrected chi connectivity index (χ2v) is 9.99. The smallest absolute Gasteiger partial charge is 0.227 e. The summed E-state index contributed by atoms with van der Waals surface area (Å²) in [6.45, 7) is 4.06. The number of benzene rings is 2. The zero-order valence-electron chi connectivity index (χ0n) is 17.2. The summed E-state index contributed by atoms with van der Waals surface area (Å²) in [5, 5.41) is 4.15. The highest BCUT2D eigenvalue weighted by molar-refractivity contribution is 8.00. The van der Waals surface area contributed by atoms with Gasteiger partial charge in [-0.05, 0) is 49.2 Å². The average Bonchev–Trinajstić information content (AvgIpc) is 3.16. The fraction of sp³-hybridized carbons (Fsp3) is 0.261. The summed E-state index contributed by atoms with van der Waals surface area (Å²) in [6, 6.07) is 12.7. The van der Waals surface area contributed by atoms with E-state index >= 15 is 0 Å². The van der Waals surface area contributed by atoms with Gasteiger partial charge < -0.3 is 10.3 Å². The lowest BCUT2D eigenvalue weighted by molar-refractivity contribution is -0.120. The number of hydrogen-bond donors (Lipinski definition) is 2. The molecule has 0 saturated carbocycles. The van der Waals surface area contributed by atoms with Crippen molar-refractivity contribution in [1.82, 2.24) is 9.97 Å². The molecule has 0 spiro atoms. The first-order valence-electron chi connectivity index (χ1n) is 10.1.